The minimum Gasteiger partial charge on any atom is -0.465 e. The van der Waals surface area contributed by atoms with E-state index in [9.17, 15) is 19.5 Å². The number of methoxy groups -OCH3 is 1. The van der Waals surface area contributed by atoms with E-state index in [1.165, 1.54) is 14.2 Å². The molecule has 1 amide bonds. The van der Waals surface area contributed by atoms with Gasteiger partial charge in [-0.25, -0.2) is 15.1 Å². The Morgan fingerprint density at radius 3 is 2.67 bits per heavy atom. The van der Waals surface area contributed by atoms with Crippen LogP contribution in [0.1, 0.15) is 48.7 Å². The Labute approximate surface area is 172 Å². The number of hydrogen-bond acceptors (Lipinski definition) is 7. The number of H-pyrrole nitrogens is 1. The van der Waals surface area contributed by atoms with Crippen molar-refractivity contribution in [3.8, 4) is 0 Å². The van der Waals surface area contributed by atoms with Crippen molar-refractivity contribution < 1.29 is 33.8 Å². The molecule has 0 saturated heterocycles. The number of hydroxylamine groups is 1. The molecule has 1 aliphatic heterocycles. The van der Waals surface area contributed by atoms with Crippen LogP contribution in [0.5, 0.6) is 0 Å². The summed E-state index contributed by atoms with van der Waals surface area (Å²) in [6.07, 6.45) is 2.45. The van der Waals surface area contributed by atoms with Crippen LogP contribution >= 0.6 is 0 Å². The summed E-state index contributed by atoms with van der Waals surface area (Å²) >= 11 is 0. The number of fused-ring (bicyclic) bond motifs is 1. The molecule has 2 heterocycles. The molecule has 1 unspecified atom stereocenters. The van der Waals surface area contributed by atoms with E-state index in [0.29, 0.717) is 28.6 Å². The van der Waals surface area contributed by atoms with E-state index in [-0.39, 0.29) is 17.6 Å². The van der Waals surface area contributed by atoms with Gasteiger partial charge in [0, 0.05) is 17.3 Å². The zero-order chi connectivity index (χ0) is 21.9. The number of nitrogens with one attached hydrogen (secondary N) is 2. The number of aliphatic hydroxyl groups is 1. The van der Waals surface area contributed by atoms with Crippen LogP contribution in [0.15, 0.2) is 29.8 Å². The number of carbonyl (C=O) groups excluding carboxylic acids is 3. The van der Waals surface area contributed by atoms with E-state index in [4.69, 9.17) is 9.47 Å². The topological polar surface area (TPSA) is 127 Å². The van der Waals surface area contributed by atoms with Crippen LogP contribution in [0.3, 0.4) is 0 Å². The Bertz CT molecular complexity index is 1020. The van der Waals surface area contributed by atoms with Crippen LogP contribution in [0.25, 0.3) is 16.5 Å². The molecule has 0 radical (unpaired) electrons. The normalized spacial score (nSPS) is 18.6. The van der Waals surface area contributed by atoms with Gasteiger partial charge >= 0.3 is 11.9 Å². The summed E-state index contributed by atoms with van der Waals surface area (Å²) in [4.78, 5) is 44.5. The van der Waals surface area contributed by atoms with Gasteiger partial charge in [-0.3, -0.25) is 9.63 Å². The molecular weight excluding hydrogens is 392 g/mol. The molecule has 160 valence electrons. The molecule has 1 aliphatic rings. The van der Waals surface area contributed by atoms with E-state index in [1.54, 1.807) is 24.3 Å². The number of esters is 2. The average molecular weight is 416 g/mol. The summed E-state index contributed by atoms with van der Waals surface area (Å²) in [6, 6.07) is 6.52. The van der Waals surface area contributed by atoms with Gasteiger partial charge in [0.05, 0.1) is 31.1 Å². The van der Waals surface area contributed by atoms with Crippen molar-refractivity contribution in [1.82, 2.24) is 10.5 Å². The first-order valence-corrected chi connectivity index (χ1v) is 9.60. The zero-order valence-electron chi connectivity index (χ0n) is 17.0. The van der Waals surface area contributed by atoms with Crippen molar-refractivity contribution >= 4 is 34.3 Å². The Morgan fingerprint density at radius 1 is 1.23 bits per heavy atom. The van der Waals surface area contributed by atoms with Gasteiger partial charge in [0.2, 0.25) is 5.79 Å². The number of carbonyl (C=O) groups is 3. The molecule has 2 aromatic rings. The number of amides is 1. The predicted molar refractivity (Wildman–Crippen MR) is 107 cm³/mol. The van der Waals surface area contributed by atoms with Gasteiger partial charge in [0.15, 0.2) is 0 Å². The number of hydrogen-bond donors (Lipinski definition) is 3. The summed E-state index contributed by atoms with van der Waals surface area (Å²) in [7, 11) is 2.53. The molecular formula is C21H24N2O7. The molecule has 30 heavy (non-hydrogen) atoms. The standard InChI is InChI=1S/C21H24N2O7/c1-4-5-6-9-21(27)17(16(20(26)30-21)18(24)23-29-3)15-11-13-10-12(19(25)28-2)7-8-14(13)22-15/h7-8,10-11,22,27H,4-6,9H2,1-3H3,(H,23,24). The highest BCUT2D eigenvalue weighted by atomic mass is 16.7. The molecule has 0 aliphatic carbocycles. The van der Waals surface area contributed by atoms with E-state index in [1.807, 2.05) is 6.92 Å². The largest absolute Gasteiger partial charge is 0.465 e. The number of ether oxygens (including phenoxy) is 2. The first kappa shape index (κ1) is 21.5. The predicted octanol–water partition coefficient (Wildman–Crippen LogP) is 2.21. The van der Waals surface area contributed by atoms with Crippen molar-refractivity contribution in [2.45, 2.75) is 38.4 Å². The summed E-state index contributed by atoms with van der Waals surface area (Å²) < 4.78 is 9.99. The summed E-state index contributed by atoms with van der Waals surface area (Å²) in [5.41, 5.74) is 3.13. The van der Waals surface area contributed by atoms with Gasteiger partial charge in [-0.1, -0.05) is 19.8 Å². The maximum Gasteiger partial charge on any atom is 0.347 e. The van der Waals surface area contributed by atoms with Gasteiger partial charge in [-0.2, -0.15) is 0 Å². The van der Waals surface area contributed by atoms with Gasteiger partial charge < -0.3 is 19.6 Å². The fourth-order valence-corrected chi connectivity index (χ4v) is 3.55. The third kappa shape index (κ3) is 3.94. The molecule has 1 aromatic heterocycles. The smallest absolute Gasteiger partial charge is 0.347 e. The summed E-state index contributed by atoms with van der Waals surface area (Å²) in [5, 5.41) is 11.8. The highest BCUT2D eigenvalue weighted by Crippen LogP contribution is 2.42. The zero-order valence-corrected chi connectivity index (χ0v) is 17.0. The van der Waals surface area contributed by atoms with Gasteiger partial charge in [0.1, 0.15) is 5.57 Å². The summed E-state index contributed by atoms with van der Waals surface area (Å²) in [6.45, 7) is 2.01. The second-order valence-corrected chi connectivity index (χ2v) is 6.99. The number of cyclic esters (lactones) is 1. The highest BCUT2D eigenvalue weighted by Gasteiger charge is 2.49. The van der Waals surface area contributed by atoms with E-state index < -0.39 is 23.6 Å². The first-order valence-electron chi connectivity index (χ1n) is 9.60. The number of aromatic nitrogens is 1. The molecule has 3 N–H and O–H groups in total. The second-order valence-electron chi connectivity index (χ2n) is 6.99. The van der Waals surface area contributed by atoms with Crippen molar-refractivity contribution in [2.24, 2.45) is 0 Å². The molecule has 0 bridgehead atoms. The van der Waals surface area contributed by atoms with E-state index in [2.05, 4.69) is 15.3 Å². The van der Waals surface area contributed by atoms with Crippen LogP contribution < -0.4 is 5.48 Å². The molecule has 3 rings (SSSR count). The fourth-order valence-electron chi connectivity index (χ4n) is 3.55. The second kappa shape index (κ2) is 8.68. The Kier molecular flexibility index (Phi) is 6.23. The van der Waals surface area contributed by atoms with Crippen LogP contribution in [0.2, 0.25) is 0 Å². The van der Waals surface area contributed by atoms with Gasteiger partial charge in [-0.05, 0) is 30.7 Å². The Hall–Kier alpha value is -3.17. The molecule has 9 heteroatoms. The van der Waals surface area contributed by atoms with Crippen molar-refractivity contribution in [1.29, 1.82) is 0 Å². The Morgan fingerprint density at radius 2 is 2.00 bits per heavy atom. The van der Waals surface area contributed by atoms with Crippen LogP contribution in [-0.2, 0) is 23.9 Å². The van der Waals surface area contributed by atoms with E-state index >= 15 is 0 Å². The van der Waals surface area contributed by atoms with Crippen molar-refractivity contribution in [3.05, 3.63) is 41.1 Å². The minimum atomic E-state index is -1.96. The number of benzene rings is 1. The lowest BCUT2D eigenvalue weighted by Crippen LogP contribution is -2.31. The number of aromatic amines is 1. The quantitative estimate of drug-likeness (QED) is 0.261. The Balaban J connectivity index is 2.13. The lowest BCUT2D eigenvalue weighted by molar-refractivity contribution is -0.178. The van der Waals surface area contributed by atoms with Crippen LogP contribution in [0, 0.1) is 0 Å². The van der Waals surface area contributed by atoms with Crippen LogP contribution in [0.4, 0.5) is 0 Å². The number of rotatable bonds is 8. The molecule has 0 spiro atoms. The lowest BCUT2D eigenvalue weighted by atomic mass is 9.94. The first-order chi connectivity index (χ1) is 14.3. The third-order valence-electron chi connectivity index (χ3n) is 4.96. The summed E-state index contributed by atoms with van der Waals surface area (Å²) in [5.74, 6) is -4.21. The SMILES string of the molecule is CCCCCC1(O)OC(=O)C(C(=O)NOC)=C1c1cc2cc(C(=O)OC)ccc2[nH]1. The lowest BCUT2D eigenvalue weighted by Gasteiger charge is -2.24. The average Bonchev–Trinajstić information content (AvgIpc) is 3.24. The fraction of sp³-hybridized carbons (Fsp3) is 0.381. The third-order valence-corrected chi connectivity index (χ3v) is 4.96. The van der Waals surface area contributed by atoms with Crippen LogP contribution in [-0.4, -0.2) is 47.9 Å². The monoisotopic (exact) mass is 416 g/mol. The molecule has 1 atom stereocenters. The molecule has 0 saturated carbocycles. The van der Waals surface area contributed by atoms with E-state index in [0.717, 1.165) is 12.8 Å². The maximum atomic E-state index is 12.5. The molecule has 9 nitrogen and oxygen atoms in total. The number of unbranched alkanes of at least 4 members (excludes halogenated alkanes) is 2. The van der Waals surface area contributed by atoms with Gasteiger partial charge in [0.25, 0.3) is 5.91 Å². The maximum absolute atomic E-state index is 12.5. The highest BCUT2D eigenvalue weighted by molar-refractivity contribution is 6.24. The molecule has 0 fully saturated rings. The van der Waals surface area contributed by atoms with Crippen molar-refractivity contribution in [2.75, 3.05) is 14.2 Å². The van der Waals surface area contributed by atoms with Crippen molar-refractivity contribution in [3.63, 3.8) is 0 Å². The minimum absolute atomic E-state index is 0.0361. The van der Waals surface area contributed by atoms with Gasteiger partial charge in [-0.15, -0.1) is 0 Å². The molecule has 1 aromatic carbocycles.